The zero-order valence-corrected chi connectivity index (χ0v) is 61.9. The lowest BCUT2D eigenvalue weighted by atomic mass is 10.1. The van der Waals surface area contributed by atoms with E-state index in [0.717, 1.165) is 135 Å². The molecule has 0 aromatic carbocycles. The van der Waals surface area contributed by atoms with Gasteiger partial charge in [-0.05, 0) is 154 Å². The summed E-state index contributed by atoms with van der Waals surface area (Å²) in [6, 6.07) is 0. The molecule has 0 bridgehead atoms. The zero-order valence-electron chi connectivity index (χ0n) is 60.1. The van der Waals surface area contributed by atoms with Crippen molar-refractivity contribution < 1.29 is 80.2 Å². The number of carbonyl (C=O) groups is 4. The lowest BCUT2D eigenvalue weighted by Gasteiger charge is -2.21. The molecule has 0 aliphatic heterocycles. The van der Waals surface area contributed by atoms with E-state index in [1.54, 1.807) is 6.08 Å². The highest BCUT2D eigenvalue weighted by molar-refractivity contribution is 7.47. The number of allylic oxidation sites excluding steroid dienone is 27. The summed E-state index contributed by atoms with van der Waals surface area (Å²) in [4.78, 5) is 72.6. The van der Waals surface area contributed by atoms with Gasteiger partial charge in [0.1, 0.15) is 19.3 Å². The molecule has 0 fully saturated rings. The predicted molar refractivity (Wildman–Crippen MR) is 399 cm³/mol. The van der Waals surface area contributed by atoms with Crippen LogP contribution in [-0.2, 0) is 65.4 Å². The number of unbranched alkanes of at least 4 members (excludes halogenated alkanes) is 13. The summed E-state index contributed by atoms with van der Waals surface area (Å²) >= 11 is 0. The zero-order chi connectivity index (χ0) is 71.8. The van der Waals surface area contributed by atoms with Gasteiger partial charge in [0, 0.05) is 19.3 Å². The van der Waals surface area contributed by atoms with Gasteiger partial charge in [-0.25, -0.2) is 9.13 Å². The van der Waals surface area contributed by atoms with Gasteiger partial charge in [-0.1, -0.05) is 236 Å². The number of phosphoric acid groups is 2. The first-order chi connectivity index (χ1) is 47.7. The van der Waals surface area contributed by atoms with Gasteiger partial charge in [0.2, 0.25) is 0 Å². The number of hydrogen-bond acceptors (Lipinski definition) is 15. The number of aliphatic hydroxyl groups excluding tert-OH is 1. The average molecular weight is 1410 g/mol. The van der Waals surface area contributed by atoms with Crippen LogP contribution >= 0.6 is 15.6 Å². The van der Waals surface area contributed by atoms with E-state index >= 15 is 0 Å². The monoisotopic (exact) mass is 1410 g/mol. The first kappa shape index (κ1) is 92.4. The van der Waals surface area contributed by atoms with Gasteiger partial charge >= 0.3 is 39.5 Å². The summed E-state index contributed by atoms with van der Waals surface area (Å²) in [6.45, 7) is 4.24. The van der Waals surface area contributed by atoms with Crippen LogP contribution in [0.4, 0.5) is 0 Å². The number of phosphoric ester groups is 2. The third-order valence-corrected chi connectivity index (χ3v) is 16.1. The molecule has 5 atom stereocenters. The number of ether oxygens (including phenoxy) is 4. The molecular weight excluding hydrogens is 1280 g/mol. The van der Waals surface area contributed by atoms with Crippen molar-refractivity contribution in [3.8, 4) is 0 Å². The summed E-state index contributed by atoms with van der Waals surface area (Å²) < 4.78 is 68.1. The molecule has 0 aromatic rings. The Hall–Kier alpha value is -5.58. The van der Waals surface area contributed by atoms with Gasteiger partial charge in [-0.3, -0.25) is 37.3 Å². The minimum atomic E-state index is -5.01. The maximum atomic E-state index is 13.1. The van der Waals surface area contributed by atoms with Gasteiger partial charge in [0.25, 0.3) is 0 Å². The van der Waals surface area contributed by atoms with Crippen molar-refractivity contribution in [2.24, 2.45) is 0 Å². The first-order valence-corrected chi connectivity index (χ1v) is 39.4. The number of esters is 4. The van der Waals surface area contributed by atoms with Crippen LogP contribution in [0.25, 0.3) is 0 Å². The number of rotatable bonds is 66. The van der Waals surface area contributed by atoms with Gasteiger partial charge in [0.15, 0.2) is 12.2 Å². The number of hydrogen-bond donors (Lipinski definition) is 3. The highest BCUT2D eigenvalue weighted by Crippen LogP contribution is 2.45. The van der Waals surface area contributed by atoms with Crippen molar-refractivity contribution in [2.45, 2.75) is 264 Å². The molecule has 554 valence electrons. The molecule has 5 unspecified atom stereocenters. The summed E-state index contributed by atoms with van der Waals surface area (Å²) in [7, 11) is -10.0. The van der Waals surface area contributed by atoms with Crippen molar-refractivity contribution >= 4 is 39.5 Å². The summed E-state index contributed by atoms with van der Waals surface area (Å²) in [5.41, 5.74) is 0. The molecule has 17 nitrogen and oxygen atoms in total. The van der Waals surface area contributed by atoms with Crippen LogP contribution in [0, 0.1) is 0 Å². The standard InChI is InChI=1S/C79H126O17P2/c1-5-9-13-17-21-25-29-33-36-40-43-47-51-55-59-63-76(81)89-69-74(95-78(83)65-61-57-53-49-45-39-32-28-24-20-16-12-8-4)71-93-97(85,86)91-67-73(80)68-92-98(87,88)94-72-75(96-79(84)66-62-58-54-50-46-42-38-35-31-27-23-19-15-11-7-3)70-90-77(82)64-60-56-52-48-44-41-37-34-30-26-22-18-14-10-6-2/h9-11,13-15,21-23,25-28,32-38,43-44,46-48,50,55,59,73-75,80H,5-8,12,16-20,24,29-31,39-42,45,49,51-54,56-58,60-72H2,1-4H3,(H,85,86)(H,87,88)/b13-9-,14-10-,15-11-,25-21-,26-22-,27-23-,32-28-,36-33-,37-34-,38-35-,47-43-,48-44-,50-46-,59-55-. The van der Waals surface area contributed by atoms with Crippen LogP contribution < -0.4 is 0 Å². The highest BCUT2D eigenvalue weighted by atomic mass is 31.2. The minimum Gasteiger partial charge on any atom is -0.462 e. The lowest BCUT2D eigenvalue weighted by molar-refractivity contribution is -0.161. The first-order valence-electron chi connectivity index (χ1n) is 36.4. The largest absolute Gasteiger partial charge is 0.472 e. The van der Waals surface area contributed by atoms with Crippen LogP contribution in [0.2, 0.25) is 0 Å². The Morgan fingerprint density at radius 3 is 0.939 bits per heavy atom. The maximum Gasteiger partial charge on any atom is 0.472 e. The van der Waals surface area contributed by atoms with Crippen LogP contribution in [0.1, 0.15) is 246 Å². The van der Waals surface area contributed by atoms with E-state index in [1.807, 2.05) is 24.3 Å². The maximum absolute atomic E-state index is 13.1. The smallest absolute Gasteiger partial charge is 0.462 e. The normalized spacial score (nSPS) is 15.0. The fourth-order valence-corrected chi connectivity index (χ4v) is 10.3. The van der Waals surface area contributed by atoms with Gasteiger partial charge in [-0.15, -0.1) is 0 Å². The molecule has 0 rings (SSSR count). The summed E-state index contributed by atoms with van der Waals surface area (Å²) in [5, 5.41) is 10.6. The van der Waals surface area contributed by atoms with E-state index in [0.29, 0.717) is 32.1 Å². The molecule has 19 heteroatoms. The summed E-state index contributed by atoms with van der Waals surface area (Å²) in [6.07, 6.45) is 81.1. The predicted octanol–water partition coefficient (Wildman–Crippen LogP) is 20.7. The van der Waals surface area contributed by atoms with E-state index in [1.165, 1.54) is 25.7 Å². The third-order valence-electron chi connectivity index (χ3n) is 14.2. The van der Waals surface area contributed by atoms with Gasteiger partial charge in [-0.2, -0.15) is 0 Å². The molecule has 0 amide bonds. The minimum absolute atomic E-state index is 0.0248. The molecule has 0 radical (unpaired) electrons. The molecule has 0 aliphatic rings. The van der Waals surface area contributed by atoms with Gasteiger partial charge in [0.05, 0.1) is 32.8 Å². The van der Waals surface area contributed by atoms with E-state index < -0.39 is 97.5 Å². The van der Waals surface area contributed by atoms with E-state index in [4.69, 9.17) is 37.0 Å². The Morgan fingerprint density at radius 1 is 0.306 bits per heavy atom. The van der Waals surface area contributed by atoms with Crippen molar-refractivity contribution in [1.29, 1.82) is 0 Å². The van der Waals surface area contributed by atoms with E-state index in [9.17, 15) is 43.2 Å². The second kappa shape index (κ2) is 69.9. The topological polar surface area (TPSA) is 237 Å². The fourth-order valence-electron chi connectivity index (χ4n) is 8.74. The van der Waals surface area contributed by atoms with Crippen LogP contribution in [-0.4, -0.2) is 96.7 Å². The molecule has 0 saturated carbocycles. The second-order valence-electron chi connectivity index (χ2n) is 23.4. The quantitative estimate of drug-likeness (QED) is 0.0169. The molecule has 0 aliphatic carbocycles. The fraction of sp³-hybridized carbons (Fsp3) is 0.595. The molecule has 0 heterocycles. The average Bonchev–Trinajstić information content (AvgIpc) is 0.959. The molecule has 0 aromatic heterocycles. The molecular formula is C79H126O17P2. The van der Waals surface area contributed by atoms with Crippen molar-refractivity contribution in [3.05, 3.63) is 170 Å². The Kier molecular flexibility index (Phi) is 65.9. The molecule has 3 N–H and O–H groups in total. The van der Waals surface area contributed by atoms with Gasteiger partial charge < -0.3 is 33.8 Å². The lowest BCUT2D eigenvalue weighted by Crippen LogP contribution is -2.30. The highest BCUT2D eigenvalue weighted by Gasteiger charge is 2.30. The van der Waals surface area contributed by atoms with E-state index in [2.05, 4.69) is 167 Å². The Bertz CT molecular complexity index is 2530. The Labute approximate surface area is 591 Å². The van der Waals surface area contributed by atoms with Crippen LogP contribution in [0.3, 0.4) is 0 Å². The third kappa shape index (κ3) is 68.9. The molecule has 0 spiro atoms. The van der Waals surface area contributed by atoms with E-state index in [-0.39, 0.29) is 25.7 Å². The SMILES string of the molecule is CC/C=C\C/C=C\C/C=C\C/C=C\C/C=C\CC(=O)OCC(COP(=O)(O)OCC(O)COP(=O)(O)OCC(COC(=O)CCCC/C=C\C/C=C\C/C=C\C/C=C\CC)OC(=O)CCCC/C=C\C/C=C\C/C=C\C/C=C\CC)OC(=O)CCCCCCC/C=C\CCCCCC. The second-order valence-corrected chi connectivity index (χ2v) is 26.3. The van der Waals surface area contributed by atoms with Crippen molar-refractivity contribution in [1.82, 2.24) is 0 Å². The van der Waals surface area contributed by atoms with Crippen molar-refractivity contribution in [3.63, 3.8) is 0 Å². The Morgan fingerprint density at radius 2 is 0.571 bits per heavy atom. The van der Waals surface area contributed by atoms with Crippen molar-refractivity contribution in [2.75, 3.05) is 39.6 Å². The Balaban J connectivity index is 5.51. The number of carbonyl (C=O) groups excluding carboxylic acids is 4. The van der Waals surface area contributed by atoms with Crippen LogP contribution in [0.15, 0.2) is 170 Å². The number of aliphatic hydroxyl groups is 1. The molecule has 0 saturated heterocycles. The molecule has 98 heavy (non-hydrogen) atoms. The van der Waals surface area contributed by atoms with Crippen LogP contribution in [0.5, 0.6) is 0 Å². The summed E-state index contributed by atoms with van der Waals surface area (Å²) in [5.74, 6) is -2.45.